The first kappa shape index (κ1) is 19.9. The summed E-state index contributed by atoms with van der Waals surface area (Å²) in [5.74, 6) is -0.256. The maximum atomic E-state index is 13.0. The number of amides is 1. The van der Waals surface area contributed by atoms with Crippen LogP contribution in [-0.2, 0) is 10.0 Å². The topological polar surface area (TPSA) is 131 Å². The molecule has 3 aromatic rings. The number of non-ortho nitro benzene ring substituents is 1. The van der Waals surface area contributed by atoms with Crippen LogP contribution in [-0.4, -0.2) is 69.2 Å². The summed E-state index contributed by atoms with van der Waals surface area (Å²) in [7, 11) is -3.90. The SMILES string of the molecule is Cc1nn2cccnc2c1C(=O)N1CCN(S(=O)(=O)c2cccc([N+](=O)[O-])c2)CC1. The first-order valence-electron chi connectivity index (χ1n) is 9.13. The van der Waals surface area contributed by atoms with Gasteiger partial charge in [-0.25, -0.2) is 17.9 Å². The molecule has 30 heavy (non-hydrogen) atoms. The lowest BCUT2D eigenvalue weighted by Crippen LogP contribution is -2.50. The summed E-state index contributed by atoms with van der Waals surface area (Å²) in [6.07, 6.45) is 3.28. The minimum absolute atomic E-state index is 0.0858. The zero-order valence-electron chi connectivity index (χ0n) is 16.0. The number of nitro benzene ring substituents is 1. The standard InChI is InChI=1S/C18H18N6O5S/c1-13-16(17-19-6-3-7-23(17)20-13)18(25)21-8-10-22(11-9-21)30(28,29)15-5-2-4-14(12-15)24(26)27/h2-7,12H,8-11H2,1H3. The fourth-order valence-electron chi connectivity index (χ4n) is 3.44. The normalized spacial score (nSPS) is 15.4. The van der Waals surface area contributed by atoms with Crippen LogP contribution in [0.5, 0.6) is 0 Å². The van der Waals surface area contributed by atoms with E-state index in [0.717, 1.165) is 6.07 Å². The number of fused-ring (bicyclic) bond motifs is 1. The summed E-state index contributed by atoms with van der Waals surface area (Å²) in [4.78, 5) is 29.0. The molecule has 11 nitrogen and oxygen atoms in total. The summed E-state index contributed by atoms with van der Waals surface area (Å²) in [6.45, 7) is 2.28. The van der Waals surface area contributed by atoms with E-state index >= 15 is 0 Å². The van der Waals surface area contributed by atoms with E-state index in [0.29, 0.717) is 16.9 Å². The molecule has 0 N–H and O–H groups in total. The highest BCUT2D eigenvalue weighted by Gasteiger charge is 2.32. The Hall–Kier alpha value is -3.38. The first-order chi connectivity index (χ1) is 14.3. The van der Waals surface area contributed by atoms with Gasteiger partial charge in [0.15, 0.2) is 5.65 Å². The van der Waals surface area contributed by atoms with Crippen LogP contribution in [0.2, 0.25) is 0 Å². The molecule has 0 unspecified atom stereocenters. The average molecular weight is 430 g/mol. The smallest absolute Gasteiger partial charge is 0.270 e. The lowest BCUT2D eigenvalue weighted by Gasteiger charge is -2.33. The van der Waals surface area contributed by atoms with E-state index < -0.39 is 14.9 Å². The van der Waals surface area contributed by atoms with Crippen molar-refractivity contribution in [2.75, 3.05) is 26.2 Å². The molecule has 0 atom stereocenters. The quantitative estimate of drug-likeness (QED) is 0.447. The number of carbonyl (C=O) groups is 1. The molecule has 2 aromatic heterocycles. The molecular weight excluding hydrogens is 412 g/mol. The predicted molar refractivity (Wildman–Crippen MR) is 105 cm³/mol. The summed E-state index contributed by atoms with van der Waals surface area (Å²) >= 11 is 0. The number of benzene rings is 1. The maximum absolute atomic E-state index is 13.0. The molecule has 3 heterocycles. The third kappa shape index (κ3) is 3.39. The van der Waals surface area contributed by atoms with Crippen molar-refractivity contribution in [1.29, 1.82) is 0 Å². The van der Waals surface area contributed by atoms with Crippen molar-refractivity contribution in [2.24, 2.45) is 0 Å². The van der Waals surface area contributed by atoms with Crippen LogP contribution in [0.3, 0.4) is 0 Å². The minimum Gasteiger partial charge on any atom is -0.336 e. The number of aryl methyl sites for hydroxylation is 1. The van der Waals surface area contributed by atoms with Crippen molar-refractivity contribution in [3.05, 3.63) is 64.1 Å². The van der Waals surface area contributed by atoms with E-state index in [-0.39, 0.29) is 42.7 Å². The van der Waals surface area contributed by atoms with Gasteiger partial charge in [-0.05, 0) is 19.1 Å². The van der Waals surface area contributed by atoms with Gasteiger partial charge in [-0.3, -0.25) is 14.9 Å². The van der Waals surface area contributed by atoms with Crippen molar-refractivity contribution < 1.29 is 18.1 Å². The van der Waals surface area contributed by atoms with Gasteiger partial charge in [-0.15, -0.1) is 0 Å². The van der Waals surface area contributed by atoms with Crippen LogP contribution in [0.15, 0.2) is 47.6 Å². The van der Waals surface area contributed by atoms with Crippen LogP contribution >= 0.6 is 0 Å². The molecule has 0 aliphatic carbocycles. The molecule has 0 spiro atoms. The Labute approximate surface area is 171 Å². The van der Waals surface area contributed by atoms with Crippen molar-refractivity contribution in [1.82, 2.24) is 23.8 Å². The lowest BCUT2D eigenvalue weighted by molar-refractivity contribution is -0.385. The molecule has 12 heteroatoms. The zero-order valence-corrected chi connectivity index (χ0v) is 16.8. The Morgan fingerprint density at radius 2 is 1.90 bits per heavy atom. The molecule has 1 amide bonds. The van der Waals surface area contributed by atoms with Crippen molar-refractivity contribution in [3.63, 3.8) is 0 Å². The molecule has 0 radical (unpaired) electrons. The molecule has 1 saturated heterocycles. The van der Waals surface area contributed by atoms with E-state index in [4.69, 9.17) is 0 Å². The highest BCUT2D eigenvalue weighted by atomic mass is 32.2. The fourth-order valence-corrected chi connectivity index (χ4v) is 4.91. The Bertz CT molecular complexity index is 1250. The lowest BCUT2D eigenvalue weighted by atomic mass is 10.2. The molecule has 1 aliphatic heterocycles. The third-order valence-corrected chi connectivity index (χ3v) is 6.87. The van der Waals surface area contributed by atoms with Gasteiger partial charge in [0.1, 0.15) is 5.56 Å². The summed E-state index contributed by atoms with van der Waals surface area (Å²) in [5.41, 5.74) is 1.10. The predicted octanol–water partition coefficient (Wildman–Crippen LogP) is 1.09. The first-order valence-corrected chi connectivity index (χ1v) is 10.6. The molecule has 156 valence electrons. The van der Waals surface area contributed by atoms with Crippen molar-refractivity contribution in [2.45, 2.75) is 11.8 Å². The van der Waals surface area contributed by atoms with Crippen LogP contribution in [0.1, 0.15) is 16.1 Å². The van der Waals surface area contributed by atoms with E-state index in [9.17, 15) is 23.3 Å². The van der Waals surface area contributed by atoms with Crippen LogP contribution in [0, 0.1) is 17.0 Å². The van der Waals surface area contributed by atoms with Gasteiger partial charge in [-0.2, -0.15) is 9.40 Å². The van der Waals surface area contributed by atoms with Gasteiger partial charge >= 0.3 is 0 Å². The highest BCUT2D eigenvalue weighted by molar-refractivity contribution is 7.89. The van der Waals surface area contributed by atoms with Crippen LogP contribution < -0.4 is 0 Å². The molecule has 0 bridgehead atoms. The number of rotatable bonds is 4. The third-order valence-electron chi connectivity index (χ3n) is 4.98. The molecule has 1 fully saturated rings. The number of piperazine rings is 1. The summed E-state index contributed by atoms with van der Waals surface area (Å²) in [5, 5.41) is 15.2. The largest absolute Gasteiger partial charge is 0.336 e. The fraction of sp³-hybridized carbons (Fsp3) is 0.278. The van der Waals surface area contributed by atoms with E-state index in [1.807, 2.05) is 0 Å². The molecule has 0 saturated carbocycles. The Kier molecular flexibility index (Phi) is 4.95. The second kappa shape index (κ2) is 7.46. The number of aromatic nitrogens is 3. The number of sulfonamides is 1. The van der Waals surface area contributed by atoms with E-state index in [1.165, 1.54) is 27.0 Å². The van der Waals surface area contributed by atoms with Gasteiger partial charge < -0.3 is 4.90 Å². The number of carbonyl (C=O) groups excluding carboxylic acids is 1. The molecule has 1 aliphatic rings. The number of nitro groups is 1. The monoisotopic (exact) mass is 430 g/mol. The Balaban J connectivity index is 1.52. The summed E-state index contributed by atoms with van der Waals surface area (Å²) < 4.78 is 28.5. The number of hydrogen-bond donors (Lipinski definition) is 0. The second-order valence-electron chi connectivity index (χ2n) is 6.80. The van der Waals surface area contributed by atoms with E-state index in [1.54, 1.807) is 30.3 Å². The molecule has 1 aromatic carbocycles. The minimum atomic E-state index is -3.90. The van der Waals surface area contributed by atoms with Gasteiger partial charge in [-0.1, -0.05) is 6.07 Å². The molecule has 4 rings (SSSR count). The van der Waals surface area contributed by atoms with Crippen molar-refractivity contribution in [3.8, 4) is 0 Å². The van der Waals surface area contributed by atoms with Gasteiger partial charge in [0.25, 0.3) is 11.6 Å². The average Bonchev–Trinajstić information content (AvgIpc) is 3.09. The Morgan fingerprint density at radius 1 is 1.17 bits per heavy atom. The van der Waals surface area contributed by atoms with Crippen molar-refractivity contribution >= 4 is 27.3 Å². The number of nitrogens with zero attached hydrogens (tertiary/aromatic N) is 6. The van der Waals surface area contributed by atoms with Gasteiger partial charge in [0.2, 0.25) is 10.0 Å². The second-order valence-corrected chi connectivity index (χ2v) is 8.74. The zero-order chi connectivity index (χ0) is 21.5. The number of hydrogen-bond acceptors (Lipinski definition) is 7. The van der Waals surface area contributed by atoms with E-state index in [2.05, 4.69) is 10.1 Å². The van der Waals surface area contributed by atoms with Crippen LogP contribution in [0.4, 0.5) is 5.69 Å². The maximum Gasteiger partial charge on any atom is 0.270 e. The van der Waals surface area contributed by atoms with Crippen LogP contribution in [0.25, 0.3) is 5.65 Å². The highest BCUT2D eigenvalue weighted by Crippen LogP contribution is 2.23. The Morgan fingerprint density at radius 3 is 2.60 bits per heavy atom. The summed E-state index contributed by atoms with van der Waals surface area (Å²) in [6, 6.07) is 6.66. The van der Waals surface area contributed by atoms with Gasteiger partial charge in [0.05, 0.1) is 15.5 Å². The molecular formula is C18H18N6O5S. The van der Waals surface area contributed by atoms with Gasteiger partial charge in [0, 0.05) is 50.7 Å².